The number of rotatable bonds is 4. The second-order valence-corrected chi connectivity index (χ2v) is 9.38. The molecule has 0 radical (unpaired) electrons. The van der Waals surface area contributed by atoms with Gasteiger partial charge in [-0.25, -0.2) is 9.59 Å². The fourth-order valence-electron chi connectivity index (χ4n) is 4.50. The smallest absolute Gasteiger partial charge is 0.410 e. The molecule has 2 amide bonds. The van der Waals surface area contributed by atoms with Crippen molar-refractivity contribution in [2.45, 2.75) is 50.9 Å². The van der Waals surface area contributed by atoms with Crippen molar-refractivity contribution in [2.24, 2.45) is 0 Å². The summed E-state index contributed by atoms with van der Waals surface area (Å²) in [5.74, 6) is -0.0304. The second-order valence-electron chi connectivity index (χ2n) is 9.38. The van der Waals surface area contributed by atoms with E-state index in [4.69, 9.17) is 9.47 Å². The molecule has 1 aliphatic carbocycles. The number of ether oxygens (including phenoxy) is 2. The van der Waals surface area contributed by atoms with Crippen LogP contribution in [0.5, 0.6) is 0 Å². The summed E-state index contributed by atoms with van der Waals surface area (Å²) in [6.07, 6.45) is -1.31. The third-order valence-corrected chi connectivity index (χ3v) is 5.84. The minimum atomic E-state index is -0.652. The molecule has 0 aromatic heterocycles. The largest absolute Gasteiger partial charge is 0.448 e. The lowest BCUT2D eigenvalue weighted by atomic mass is 9.98. The molecule has 1 aliphatic heterocycles. The van der Waals surface area contributed by atoms with Gasteiger partial charge in [0.2, 0.25) is 0 Å². The Labute approximate surface area is 188 Å². The summed E-state index contributed by atoms with van der Waals surface area (Å²) < 4.78 is 11.0. The van der Waals surface area contributed by atoms with Crippen molar-refractivity contribution < 1.29 is 24.2 Å². The molecule has 0 saturated carbocycles. The van der Waals surface area contributed by atoms with Gasteiger partial charge in [0.05, 0.1) is 18.7 Å². The highest BCUT2D eigenvalue weighted by molar-refractivity contribution is 5.79. The van der Waals surface area contributed by atoms with Crippen LogP contribution in [-0.2, 0) is 9.47 Å². The van der Waals surface area contributed by atoms with Gasteiger partial charge in [-0.1, -0.05) is 48.5 Å². The maximum absolute atomic E-state index is 12.9. The van der Waals surface area contributed by atoms with Crippen LogP contribution < -0.4 is 5.32 Å². The lowest BCUT2D eigenvalue weighted by molar-refractivity contribution is 0.0504. The van der Waals surface area contributed by atoms with E-state index in [0.29, 0.717) is 6.42 Å². The highest BCUT2D eigenvalue weighted by Gasteiger charge is 2.37. The third-order valence-electron chi connectivity index (χ3n) is 5.84. The van der Waals surface area contributed by atoms with Crippen LogP contribution >= 0.6 is 0 Å². The summed E-state index contributed by atoms with van der Waals surface area (Å²) in [5.41, 5.74) is 4.02. The summed E-state index contributed by atoms with van der Waals surface area (Å²) in [4.78, 5) is 26.4. The summed E-state index contributed by atoms with van der Waals surface area (Å²) in [5, 5.41) is 12.8. The normalized spacial score (nSPS) is 19.9. The maximum Gasteiger partial charge on any atom is 0.410 e. The van der Waals surface area contributed by atoms with E-state index in [1.54, 1.807) is 20.8 Å². The molecule has 170 valence electrons. The van der Waals surface area contributed by atoms with Crippen LogP contribution in [0.2, 0.25) is 0 Å². The number of alkyl carbamates (subject to hydrolysis) is 1. The third kappa shape index (κ3) is 4.72. The van der Waals surface area contributed by atoms with E-state index in [1.165, 1.54) is 16.0 Å². The molecule has 4 rings (SSSR count). The first kappa shape index (κ1) is 22.1. The van der Waals surface area contributed by atoms with Crippen molar-refractivity contribution >= 4 is 12.2 Å². The van der Waals surface area contributed by atoms with Crippen LogP contribution in [0.1, 0.15) is 44.2 Å². The van der Waals surface area contributed by atoms with E-state index in [0.717, 1.165) is 11.1 Å². The van der Waals surface area contributed by atoms with Crippen molar-refractivity contribution in [1.82, 2.24) is 10.2 Å². The molecule has 2 aromatic carbocycles. The Morgan fingerprint density at radius 2 is 1.66 bits per heavy atom. The van der Waals surface area contributed by atoms with Crippen LogP contribution in [0.4, 0.5) is 9.59 Å². The Kier molecular flexibility index (Phi) is 6.11. The van der Waals surface area contributed by atoms with Crippen molar-refractivity contribution in [3.63, 3.8) is 0 Å². The number of aliphatic hydroxyl groups is 1. The van der Waals surface area contributed by atoms with E-state index in [2.05, 4.69) is 29.6 Å². The van der Waals surface area contributed by atoms with Crippen LogP contribution in [0, 0.1) is 0 Å². The number of nitrogens with one attached hydrogen (secondary N) is 1. The number of aliphatic hydroxyl groups excluding tert-OH is 1. The lowest BCUT2D eigenvalue weighted by Crippen LogP contribution is -2.44. The van der Waals surface area contributed by atoms with Crippen LogP contribution in [0.25, 0.3) is 11.1 Å². The van der Waals surface area contributed by atoms with Gasteiger partial charge in [-0.15, -0.1) is 0 Å². The molecule has 0 bridgehead atoms. The number of benzene rings is 2. The Morgan fingerprint density at radius 3 is 2.25 bits per heavy atom. The molecule has 2 aliphatic rings. The van der Waals surface area contributed by atoms with Gasteiger partial charge >= 0.3 is 12.2 Å². The molecule has 1 fully saturated rings. The maximum atomic E-state index is 12.9. The molecule has 32 heavy (non-hydrogen) atoms. The highest BCUT2D eigenvalue weighted by atomic mass is 16.6. The van der Waals surface area contributed by atoms with E-state index in [-0.39, 0.29) is 31.7 Å². The zero-order valence-corrected chi connectivity index (χ0v) is 18.7. The van der Waals surface area contributed by atoms with Crippen molar-refractivity contribution in [1.29, 1.82) is 0 Å². The number of β-amino-alcohol motifs (C(OH)–C–C–N with tert-alkyl or cyclic N) is 1. The molecular formula is C25H30N2O5. The highest BCUT2D eigenvalue weighted by Crippen LogP contribution is 2.44. The zero-order valence-electron chi connectivity index (χ0n) is 18.7. The number of likely N-dealkylation sites (tertiary alicyclic amines) is 1. The first-order chi connectivity index (χ1) is 15.2. The fraction of sp³-hybridized carbons (Fsp3) is 0.440. The molecule has 7 nitrogen and oxygen atoms in total. The number of hydrogen-bond donors (Lipinski definition) is 2. The van der Waals surface area contributed by atoms with Crippen molar-refractivity contribution in [2.75, 3.05) is 19.7 Å². The SMILES string of the molecule is CC(C)(C)OC(=O)NC[C@H]1C[C@@H](O)CN1C(=O)OCC1c2ccccc2-c2ccccc21. The standard InChI is InChI=1S/C25H30N2O5/c1-25(2,3)32-23(29)26-13-16-12-17(28)14-27(16)24(30)31-15-22-20-10-6-4-8-18(20)19-9-5-7-11-21(19)22/h4-11,16-17,22,28H,12-15H2,1-3H3,(H,26,29)/t16-,17-/m1/s1. The molecule has 0 unspecified atom stereocenters. The van der Waals surface area contributed by atoms with Gasteiger partial charge < -0.3 is 24.8 Å². The minimum absolute atomic E-state index is 0.0304. The van der Waals surface area contributed by atoms with E-state index >= 15 is 0 Å². The summed E-state index contributed by atoms with van der Waals surface area (Å²) in [6, 6.07) is 16.0. The Morgan fingerprint density at radius 1 is 1.06 bits per heavy atom. The molecule has 7 heteroatoms. The number of fused-ring (bicyclic) bond motifs is 3. The molecule has 2 atom stereocenters. The first-order valence-electron chi connectivity index (χ1n) is 11.0. The Hall–Kier alpha value is -3.06. The average Bonchev–Trinajstić information content (AvgIpc) is 3.27. The fourth-order valence-corrected chi connectivity index (χ4v) is 4.50. The first-order valence-corrected chi connectivity index (χ1v) is 11.0. The van der Waals surface area contributed by atoms with Gasteiger partial charge in [0.1, 0.15) is 12.2 Å². The lowest BCUT2D eigenvalue weighted by Gasteiger charge is -2.26. The molecule has 1 heterocycles. The van der Waals surface area contributed by atoms with E-state index < -0.39 is 23.9 Å². The van der Waals surface area contributed by atoms with Crippen molar-refractivity contribution in [3.05, 3.63) is 59.7 Å². The molecule has 2 N–H and O–H groups in total. The van der Waals surface area contributed by atoms with Crippen LogP contribution in [-0.4, -0.2) is 59.6 Å². The van der Waals surface area contributed by atoms with Gasteiger partial charge in [-0.3, -0.25) is 0 Å². The number of carbonyl (C=O) groups is 2. The topological polar surface area (TPSA) is 88.1 Å². The van der Waals surface area contributed by atoms with Gasteiger partial charge in [0.15, 0.2) is 0 Å². The predicted octanol–water partition coefficient (Wildman–Crippen LogP) is 3.90. The second kappa shape index (κ2) is 8.82. The van der Waals surface area contributed by atoms with Crippen molar-refractivity contribution in [3.8, 4) is 11.1 Å². The predicted molar refractivity (Wildman–Crippen MR) is 120 cm³/mol. The number of nitrogens with zero attached hydrogens (tertiary/aromatic N) is 1. The molecule has 2 aromatic rings. The van der Waals surface area contributed by atoms with Gasteiger partial charge in [0.25, 0.3) is 0 Å². The number of hydrogen-bond acceptors (Lipinski definition) is 5. The molecular weight excluding hydrogens is 408 g/mol. The number of amides is 2. The number of carbonyl (C=O) groups excluding carboxylic acids is 2. The Bertz CT molecular complexity index is 954. The summed E-state index contributed by atoms with van der Waals surface area (Å²) >= 11 is 0. The van der Waals surface area contributed by atoms with E-state index in [9.17, 15) is 14.7 Å². The minimum Gasteiger partial charge on any atom is -0.448 e. The van der Waals surface area contributed by atoms with Crippen LogP contribution in [0.3, 0.4) is 0 Å². The molecule has 1 saturated heterocycles. The molecule has 0 spiro atoms. The van der Waals surface area contributed by atoms with Gasteiger partial charge in [-0.2, -0.15) is 0 Å². The average molecular weight is 439 g/mol. The Balaban J connectivity index is 1.39. The van der Waals surface area contributed by atoms with Gasteiger partial charge in [-0.05, 0) is 49.4 Å². The quantitative estimate of drug-likeness (QED) is 0.756. The zero-order chi connectivity index (χ0) is 22.9. The summed E-state index contributed by atoms with van der Waals surface area (Å²) in [6.45, 7) is 5.94. The van der Waals surface area contributed by atoms with Gasteiger partial charge in [0, 0.05) is 12.5 Å². The van der Waals surface area contributed by atoms with Crippen LogP contribution in [0.15, 0.2) is 48.5 Å². The summed E-state index contributed by atoms with van der Waals surface area (Å²) in [7, 11) is 0. The monoisotopic (exact) mass is 438 g/mol. The van der Waals surface area contributed by atoms with E-state index in [1.807, 2.05) is 24.3 Å².